The predicted molar refractivity (Wildman–Crippen MR) is 67.5 cm³/mol. The van der Waals surface area contributed by atoms with Crippen LogP contribution in [0.1, 0.15) is 43.1 Å². The van der Waals surface area contributed by atoms with E-state index in [1.807, 2.05) is 6.07 Å². The molecule has 1 aromatic carbocycles. The first-order valence-corrected chi connectivity index (χ1v) is 5.89. The lowest BCUT2D eigenvalue weighted by Gasteiger charge is -2.20. The molecule has 1 rings (SSSR count). The van der Waals surface area contributed by atoms with Gasteiger partial charge in [-0.25, -0.2) is 0 Å². The molecule has 1 atom stereocenters. The zero-order valence-electron chi connectivity index (χ0n) is 10.5. The summed E-state index contributed by atoms with van der Waals surface area (Å²) < 4.78 is 0. The van der Waals surface area contributed by atoms with E-state index in [2.05, 4.69) is 26.1 Å². The average Bonchev–Trinajstić information content (AvgIpc) is 2.35. The van der Waals surface area contributed by atoms with Crippen LogP contribution in [0.2, 0.25) is 0 Å². The molecule has 1 amide bonds. The van der Waals surface area contributed by atoms with Gasteiger partial charge in [-0.1, -0.05) is 26.8 Å². The summed E-state index contributed by atoms with van der Waals surface area (Å²) in [6.45, 7) is 6.22. The lowest BCUT2D eigenvalue weighted by atomic mass is 10.0. The zero-order chi connectivity index (χ0) is 12.8. The van der Waals surface area contributed by atoms with Crippen molar-refractivity contribution in [1.82, 2.24) is 5.32 Å². The van der Waals surface area contributed by atoms with Gasteiger partial charge in [0.25, 0.3) is 5.91 Å². The quantitative estimate of drug-likeness (QED) is 0.864. The number of amides is 1. The van der Waals surface area contributed by atoms with E-state index in [0.29, 0.717) is 17.0 Å². The third kappa shape index (κ3) is 3.60. The van der Waals surface area contributed by atoms with Crippen LogP contribution in [0.3, 0.4) is 0 Å². The normalized spacial score (nSPS) is 11.9. The number of carbonyl (C=O) groups excluding carboxylic acids is 1. The Morgan fingerprint density at radius 3 is 2.71 bits per heavy atom. The number of nitrogens with zero attached hydrogens (tertiary/aromatic N) is 1. The van der Waals surface area contributed by atoms with Crippen molar-refractivity contribution < 1.29 is 4.79 Å². The molecule has 0 saturated carbocycles. The maximum atomic E-state index is 12.0. The molecule has 0 spiro atoms. The van der Waals surface area contributed by atoms with Crippen molar-refractivity contribution >= 4 is 5.91 Å². The predicted octanol–water partition coefficient (Wildman–Crippen LogP) is 2.72. The van der Waals surface area contributed by atoms with Gasteiger partial charge in [0, 0.05) is 11.6 Å². The maximum Gasteiger partial charge on any atom is 0.251 e. The Bertz CT molecular complexity index is 432. The molecule has 0 aromatic heterocycles. The molecule has 17 heavy (non-hydrogen) atoms. The second kappa shape index (κ2) is 6.05. The van der Waals surface area contributed by atoms with Crippen LogP contribution in [0, 0.1) is 17.2 Å². The van der Waals surface area contributed by atoms with Crippen LogP contribution in [-0.2, 0) is 0 Å². The summed E-state index contributed by atoms with van der Waals surface area (Å²) >= 11 is 0. The number of nitrogens with one attached hydrogen (secondary N) is 1. The van der Waals surface area contributed by atoms with E-state index < -0.39 is 0 Å². The van der Waals surface area contributed by atoms with Gasteiger partial charge in [-0.2, -0.15) is 5.26 Å². The summed E-state index contributed by atoms with van der Waals surface area (Å²) in [7, 11) is 0. The molecule has 0 bridgehead atoms. The third-order valence-electron chi connectivity index (χ3n) is 2.81. The molecule has 0 aliphatic carbocycles. The third-order valence-corrected chi connectivity index (χ3v) is 2.81. The van der Waals surface area contributed by atoms with Crippen molar-refractivity contribution in [3.8, 4) is 6.07 Å². The lowest BCUT2D eigenvalue weighted by Crippen LogP contribution is -2.38. The monoisotopic (exact) mass is 230 g/mol. The smallest absolute Gasteiger partial charge is 0.251 e. The van der Waals surface area contributed by atoms with E-state index in [0.717, 1.165) is 6.42 Å². The fourth-order valence-corrected chi connectivity index (χ4v) is 1.72. The van der Waals surface area contributed by atoms with Crippen LogP contribution in [0.25, 0.3) is 0 Å². The molecular formula is C14H18N2O. The molecule has 1 N–H and O–H groups in total. The topological polar surface area (TPSA) is 52.9 Å². The van der Waals surface area contributed by atoms with Gasteiger partial charge in [0.2, 0.25) is 0 Å². The molecule has 3 nitrogen and oxygen atoms in total. The fourth-order valence-electron chi connectivity index (χ4n) is 1.72. The maximum absolute atomic E-state index is 12.0. The number of carbonyl (C=O) groups is 1. The Labute approximate surface area is 102 Å². The second-order valence-corrected chi connectivity index (χ2v) is 4.42. The number of hydrogen-bond acceptors (Lipinski definition) is 2. The van der Waals surface area contributed by atoms with Crippen molar-refractivity contribution in [3.05, 3.63) is 35.4 Å². The van der Waals surface area contributed by atoms with Crippen molar-refractivity contribution in [1.29, 1.82) is 5.26 Å². The lowest BCUT2D eigenvalue weighted by molar-refractivity contribution is 0.0924. The highest BCUT2D eigenvalue weighted by Gasteiger charge is 2.15. The summed E-state index contributed by atoms with van der Waals surface area (Å²) in [5.41, 5.74) is 1.05. The molecule has 3 heteroatoms. The van der Waals surface area contributed by atoms with Crippen LogP contribution in [-0.4, -0.2) is 11.9 Å². The van der Waals surface area contributed by atoms with Crippen molar-refractivity contribution in [2.24, 2.45) is 5.92 Å². The largest absolute Gasteiger partial charge is 0.349 e. The Balaban J connectivity index is 2.79. The highest BCUT2D eigenvalue weighted by Crippen LogP contribution is 2.09. The zero-order valence-corrected chi connectivity index (χ0v) is 10.5. The summed E-state index contributed by atoms with van der Waals surface area (Å²) in [6, 6.07) is 8.96. The first kappa shape index (κ1) is 13.2. The minimum absolute atomic E-state index is 0.109. The van der Waals surface area contributed by atoms with Crippen LogP contribution in [0.4, 0.5) is 0 Å². The van der Waals surface area contributed by atoms with Crippen molar-refractivity contribution in [2.75, 3.05) is 0 Å². The van der Waals surface area contributed by atoms with Gasteiger partial charge >= 0.3 is 0 Å². The van der Waals surface area contributed by atoms with Crippen LogP contribution in [0.5, 0.6) is 0 Å². The van der Waals surface area contributed by atoms with E-state index >= 15 is 0 Å². The summed E-state index contributed by atoms with van der Waals surface area (Å²) in [4.78, 5) is 12.0. The molecule has 1 unspecified atom stereocenters. The Kier molecular flexibility index (Phi) is 4.71. The van der Waals surface area contributed by atoms with E-state index in [4.69, 9.17) is 5.26 Å². The Morgan fingerprint density at radius 2 is 2.18 bits per heavy atom. The molecule has 90 valence electrons. The first-order valence-electron chi connectivity index (χ1n) is 5.89. The van der Waals surface area contributed by atoms with E-state index in [-0.39, 0.29) is 11.9 Å². The standard InChI is InChI=1S/C14H18N2O/c1-4-13(10(2)3)16-14(17)12-7-5-6-11(8-12)9-15/h5-8,10,13H,4H2,1-3H3,(H,16,17). The summed E-state index contributed by atoms with van der Waals surface area (Å²) in [5.74, 6) is 0.297. The SMILES string of the molecule is CCC(NC(=O)c1cccc(C#N)c1)C(C)C. The van der Waals surface area contributed by atoms with Gasteiger partial charge in [-0.15, -0.1) is 0 Å². The van der Waals surface area contributed by atoms with Gasteiger partial charge in [0.1, 0.15) is 0 Å². The van der Waals surface area contributed by atoms with Gasteiger partial charge in [0.05, 0.1) is 11.6 Å². The molecular weight excluding hydrogens is 212 g/mol. The van der Waals surface area contributed by atoms with E-state index in [1.54, 1.807) is 24.3 Å². The molecule has 0 radical (unpaired) electrons. The Morgan fingerprint density at radius 1 is 1.47 bits per heavy atom. The molecule has 0 aliphatic heterocycles. The number of hydrogen-bond donors (Lipinski definition) is 1. The van der Waals surface area contributed by atoms with Gasteiger partial charge in [0.15, 0.2) is 0 Å². The molecule has 0 heterocycles. The highest BCUT2D eigenvalue weighted by molar-refractivity contribution is 5.94. The minimum Gasteiger partial charge on any atom is -0.349 e. The number of rotatable bonds is 4. The van der Waals surface area contributed by atoms with Crippen molar-refractivity contribution in [3.63, 3.8) is 0 Å². The molecule has 0 aliphatic rings. The summed E-state index contributed by atoms with van der Waals surface area (Å²) in [5, 5.41) is 11.8. The van der Waals surface area contributed by atoms with E-state index in [1.165, 1.54) is 0 Å². The Hall–Kier alpha value is -1.82. The second-order valence-electron chi connectivity index (χ2n) is 4.42. The van der Waals surface area contributed by atoms with Gasteiger partial charge in [-0.3, -0.25) is 4.79 Å². The van der Waals surface area contributed by atoms with Crippen molar-refractivity contribution in [2.45, 2.75) is 33.2 Å². The minimum atomic E-state index is -0.109. The van der Waals surface area contributed by atoms with Crippen LogP contribution < -0.4 is 5.32 Å². The molecule has 0 saturated heterocycles. The highest BCUT2D eigenvalue weighted by atomic mass is 16.1. The van der Waals surface area contributed by atoms with Crippen LogP contribution in [0.15, 0.2) is 24.3 Å². The average molecular weight is 230 g/mol. The first-order chi connectivity index (χ1) is 8.08. The van der Waals surface area contributed by atoms with E-state index in [9.17, 15) is 4.79 Å². The molecule has 1 aromatic rings. The van der Waals surface area contributed by atoms with Crippen LogP contribution >= 0.6 is 0 Å². The molecule has 0 fully saturated rings. The fraction of sp³-hybridized carbons (Fsp3) is 0.429. The number of nitriles is 1. The van der Waals surface area contributed by atoms with Gasteiger partial charge < -0.3 is 5.32 Å². The van der Waals surface area contributed by atoms with Gasteiger partial charge in [-0.05, 0) is 30.5 Å². The summed E-state index contributed by atoms with van der Waals surface area (Å²) in [6.07, 6.45) is 0.904. The number of benzene rings is 1.